The van der Waals surface area contributed by atoms with E-state index in [0.29, 0.717) is 61.1 Å². The lowest BCUT2D eigenvalue weighted by Crippen LogP contribution is -2.35. The fourth-order valence-corrected chi connectivity index (χ4v) is 4.24. The van der Waals surface area contributed by atoms with Crippen LogP contribution in [0.3, 0.4) is 0 Å². The molecule has 1 fully saturated rings. The minimum absolute atomic E-state index is 0.0575. The minimum atomic E-state index is -4.54. The molecule has 1 aliphatic rings. The molecule has 0 bridgehead atoms. The van der Waals surface area contributed by atoms with E-state index in [1.54, 1.807) is 48.3 Å². The number of benzene rings is 2. The fourth-order valence-electron chi connectivity index (χ4n) is 4.24. The Morgan fingerprint density at radius 3 is 2.45 bits per heavy atom. The van der Waals surface area contributed by atoms with Crippen LogP contribution in [0.15, 0.2) is 55.1 Å². The molecule has 0 saturated carbocycles. The van der Waals surface area contributed by atoms with Crippen LogP contribution in [-0.2, 0) is 17.5 Å². The molecule has 13 heteroatoms. The van der Waals surface area contributed by atoms with Gasteiger partial charge in [-0.2, -0.15) is 13.2 Å². The monoisotopic (exact) mass is 526 g/mol. The Hall–Kier alpha value is -4.23. The van der Waals surface area contributed by atoms with Gasteiger partial charge in [0.15, 0.2) is 17.0 Å². The predicted molar refractivity (Wildman–Crippen MR) is 136 cm³/mol. The van der Waals surface area contributed by atoms with Crippen LogP contribution in [-0.4, -0.2) is 63.8 Å². The highest BCUT2D eigenvalue weighted by Crippen LogP contribution is 2.32. The average molecular weight is 527 g/mol. The van der Waals surface area contributed by atoms with Crippen LogP contribution < -0.4 is 16.0 Å². The van der Waals surface area contributed by atoms with Gasteiger partial charge in [-0.05, 0) is 48.0 Å². The standard InChI is InChI=1S/C25H25F3N8O2/c1-29-22-21-23(31-14-30-22)36(15-32-21)20-4-2-18(3-5-20)33-24(37)34-19-11-16(10-17(12-19)25(26,27)28)13-35-6-8-38-9-7-35/h2-5,10-12,14-15H,6-9,13H2,1H3,(H,29,30,31)(H2,33,34,37). The van der Waals surface area contributed by atoms with Gasteiger partial charge in [0.05, 0.1) is 18.8 Å². The van der Waals surface area contributed by atoms with Gasteiger partial charge < -0.3 is 20.7 Å². The van der Waals surface area contributed by atoms with E-state index in [4.69, 9.17) is 4.74 Å². The number of aromatic nitrogens is 4. The van der Waals surface area contributed by atoms with Crippen LogP contribution in [0.25, 0.3) is 16.9 Å². The predicted octanol–water partition coefficient (Wildman–Crippen LogP) is 4.35. The Kier molecular flexibility index (Phi) is 7.11. The second kappa shape index (κ2) is 10.6. The molecule has 0 radical (unpaired) electrons. The number of halogens is 3. The summed E-state index contributed by atoms with van der Waals surface area (Å²) in [7, 11) is 1.75. The summed E-state index contributed by atoms with van der Waals surface area (Å²) in [5, 5.41) is 8.16. The van der Waals surface area contributed by atoms with Crippen LogP contribution >= 0.6 is 0 Å². The molecule has 4 aromatic rings. The van der Waals surface area contributed by atoms with Crippen molar-refractivity contribution >= 4 is 34.4 Å². The number of fused-ring (bicyclic) bond motifs is 1. The van der Waals surface area contributed by atoms with E-state index in [1.807, 2.05) is 4.90 Å². The van der Waals surface area contributed by atoms with Gasteiger partial charge >= 0.3 is 12.2 Å². The third-order valence-corrected chi connectivity index (χ3v) is 6.06. The first kappa shape index (κ1) is 25.4. The molecule has 1 aliphatic heterocycles. The number of imidazole rings is 1. The van der Waals surface area contributed by atoms with E-state index < -0.39 is 17.8 Å². The molecule has 198 valence electrons. The van der Waals surface area contributed by atoms with Gasteiger partial charge in [0.2, 0.25) is 0 Å². The fraction of sp³-hybridized carbons (Fsp3) is 0.280. The van der Waals surface area contributed by atoms with Crippen molar-refractivity contribution < 1.29 is 22.7 Å². The lowest BCUT2D eigenvalue weighted by Gasteiger charge is -2.27. The maximum absolute atomic E-state index is 13.5. The largest absolute Gasteiger partial charge is 0.416 e. The Morgan fingerprint density at radius 1 is 1.00 bits per heavy atom. The Balaban J connectivity index is 1.29. The molecule has 3 N–H and O–H groups in total. The third kappa shape index (κ3) is 5.68. The highest BCUT2D eigenvalue weighted by Gasteiger charge is 2.31. The van der Waals surface area contributed by atoms with Gasteiger partial charge in [0.25, 0.3) is 0 Å². The third-order valence-electron chi connectivity index (χ3n) is 6.06. The number of nitrogens with one attached hydrogen (secondary N) is 3. The normalized spacial score (nSPS) is 14.4. The summed E-state index contributed by atoms with van der Waals surface area (Å²) in [4.78, 5) is 27.4. The van der Waals surface area contributed by atoms with Gasteiger partial charge in [-0.25, -0.2) is 19.7 Å². The summed E-state index contributed by atoms with van der Waals surface area (Å²) in [5.41, 5.74) is 2.14. The van der Waals surface area contributed by atoms with E-state index in [2.05, 4.69) is 30.9 Å². The Bertz CT molecular complexity index is 1430. The average Bonchev–Trinajstić information content (AvgIpc) is 3.33. The molecule has 10 nitrogen and oxygen atoms in total. The van der Waals surface area contributed by atoms with E-state index >= 15 is 0 Å². The summed E-state index contributed by atoms with van der Waals surface area (Å²) in [5.74, 6) is 0.603. The van der Waals surface area contributed by atoms with Crippen LogP contribution in [0, 0.1) is 0 Å². The molecule has 1 saturated heterocycles. The molecule has 3 heterocycles. The summed E-state index contributed by atoms with van der Waals surface area (Å²) >= 11 is 0. The minimum Gasteiger partial charge on any atom is -0.379 e. The highest BCUT2D eigenvalue weighted by atomic mass is 19.4. The molecule has 0 spiro atoms. The van der Waals surface area contributed by atoms with Crippen LogP contribution in [0.1, 0.15) is 11.1 Å². The second-order valence-electron chi connectivity index (χ2n) is 8.69. The van der Waals surface area contributed by atoms with Crippen molar-refractivity contribution in [3.8, 4) is 5.69 Å². The first-order valence-electron chi connectivity index (χ1n) is 11.9. The van der Waals surface area contributed by atoms with Gasteiger partial charge in [0, 0.05) is 43.7 Å². The molecule has 2 amide bonds. The van der Waals surface area contributed by atoms with Gasteiger partial charge in [-0.3, -0.25) is 9.47 Å². The number of ether oxygens (including phenoxy) is 1. The van der Waals surface area contributed by atoms with Gasteiger partial charge in [0.1, 0.15) is 12.7 Å². The first-order valence-corrected chi connectivity index (χ1v) is 11.9. The maximum Gasteiger partial charge on any atom is 0.416 e. The lowest BCUT2D eigenvalue weighted by molar-refractivity contribution is -0.137. The van der Waals surface area contributed by atoms with E-state index in [-0.39, 0.29) is 5.69 Å². The van der Waals surface area contributed by atoms with Gasteiger partial charge in [-0.15, -0.1) is 0 Å². The first-order chi connectivity index (χ1) is 18.3. The number of carbonyl (C=O) groups is 1. The molecular formula is C25H25F3N8O2. The maximum atomic E-state index is 13.5. The summed E-state index contributed by atoms with van der Waals surface area (Å²) in [6.45, 7) is 2.66. The number of morpholine rings is 1. The Labute approximate surface area is 215 Å². The number of hydrogen-bond acceptors (Lipinski definition) is 7. The summed E-state index contributed by atoms with van der Waals surface area (Å²) < 4.78 is 47.7. The van der Waals surface area contributed by atoms with Crippen LogP contribution in [0.5, 0.6) is 0 Å². The zero-order valence-corrected chi connectivity index (χ0v) is 20.4. The van der Waals surface area contributed by atoms with Crippen molar-refractivity contribution in [2.75, 3.05) is 49.3 Å². The van der Waals surface area contributed by atoms with Crippen molar-refractivity contribution in [2.45, 2.75) is 12.7 Å². The quantitative estimate of drug-likeness (QED) is 0.343. The van der Waals surface area contributed by atoms with Crippen LogP contribution in [0.2, 0.25) is 0 Å². The Morgan fingerprint density at radius 2 is 1.74 bits per heavy atom. The van der Waals surface area contributed by atoms with Crippen molar-refractivity contribution in [3.63, 3.8) is 0 Å². The SMILES string of the molecule is CNc1ncnc2c1ncn2-c1ccc(NC(=O)Nc2cc(CN3CCOCC3)cc(C(F)(F)F)c2)cc1. The highest BCUT2D eigenvalue weighted by molar-refractivity contribution is 6.00. The van der Waals surface area contributed by atoms with E-state index in [9.17, 15) is 18.0 Å². The molecule has 0 atom stereocenters. The molecule has 2 aromatic carbocycles. The second-order valence-corrected chi connectivity index (χ2v) is 8.69. The van der Waals surface area contributed by atoms with Gasteiger partial charge in [-0.1, -0.05) is 0 Å². The molecule has 5 rings (SSSR count). The van der Waals surface area contributed by atoms with Crippen molar-refractivity contribution in [3.05, 3.63) is 66.2 Å². The number of urea groups is 1. The molecule has 0 aliphatic carbocycles. The number of amides is 2. The van der Waals surface area contributed by atoms with E-state index in [1.165, 1.54) is 6.33 Å². The molecule has 38 heavy (non-hydrogen) atoms. The molecule has 2 aromatic heterocycles. The van der Waals surface area contributed by atoms with Crippen molar-refractivity contribution in [1.29, 1.82) is 0 Å². The number of carbonyl (C=O) groups excluding carboxylic acids is 1. The number of anilines is 3. The van der Waals surface area contributed by atoms with E-state index in [0.717, 1.165) is 17.8 Å². The zero-order chi connectivity index (χ0) is 26.7. The topological polar surface area (TPSA) is 109 Å². The number of nitrogens with zero attached hydrogens (tertiary/aromatic N) is 5. The molecular weight excluding hydrogens is 501 g/mol. The van der Waals surface area contributed by atoms with Crippen molar-refractivity contribution in [2.24, 2.45) is 0 Å². The van der Waals surface area contributed by atoms with Crippen LogP contribution in [0.4, 0.5) is 35.2 Å². The number of alkyl halides is 3. The lowest BCUT2D eigenvalue weighted by atomic mass is 10.1. The molecule has 0 unspecified atom stereocenters. The smallest absolute Gasteiger partial charge is 0.379 e. The summed E-state index contributed by atoms with van der Waals surface area (Å²) in [6, 6.07) is 9.82. The summed E-state index contributed by atoms with van der Waals surface area (Å²) in [6.07, 6.45) is -1.48. The number of rotatable bonds is 6. The number of hydrogen-bond donors (Lipinski definition) is 3. The van der Waals surface area contributed by atoms with Crippen molar-refractivity contribution in [1.82, 2.24) is 24.4 Å². The zero-order valence-electron chi connectivity index (χ0n) is 20.4.